The molecule has 3 heteroatoms. The molecule has 1 heterocycles. The SMILES string of the molecule is C=C(CC)Nc1cc(C)cc(C)n1.C=N. The van der Waals surface area contributed by atoms with Crippen LogP contribution in [-0.4, -0.2) is 11.7 Å². The zero-order chi connectivity index (χ0) is 11.8. The molecule has 2 N–H and O–H groups in total. The van der Waals surface area contributed by atoms with Crippen LogP contribution in [0.15, 0.2) is 24.4 Å². The first-order chi connectivity index (χ1) is 7.11. The number of hydrogen-bond acceptors (Lipinski definition) is 3. The van der Waals surface area contributed by atoms with Gasteiger partial charge in [0.05, 0.1) is 0 Å². The van der Waals surface area contributed by atoms with E-state index >= 15 is 0 Å². The minimum atomic E-state index is 0.893. The molecule has 0 aromatic carbocycles. The van der Waals surface area contributed by atoms with Crippen molar-refractivity contribution in [3.05, 3.63) is 35.7 Å². The highest BCUT2D eigenvalue weighted by Crippen LogP contribution is 2.11. The third kappa shape index (κ3) is 4.96. The van der Waals surface area contributed by atoms with Gasteiger partial charge in [-0.2, -0.15) is 0 Å². The van der Waals surface area contributed by atoms with E-state index in [-0.39, 0.29) is 0 Å². The Bertz CT molecular complexity index is 311. The van der Waals surface area contributed by atoms with Crippen molar-refractivity contribution < 1.29 is 0 Å². The molecule has 0 radical (unpaired) electrons. The smallest absolute Gasteiger partial charge is 0.130 e. The molecular weight excluding hydrogens is 186 g/mol. The highest BCUT2D eigenvalue weighted by Gasteiger charge is 1.97. The first kappa shape index (κ1) is 13.4. The van der Waals surface area contributed by atoms with Gasteiger partial charge in [-0.15, -0.1) is 0 Å². The fraction of sp³-hybridized carbons (Fsp3) is 0.333. The normalized spacial score (nSPS) is 8.73. The Hall–Kier alpha value is -1.64. The number of nitrogens with one attached hydrogen (secondary N) is 2. The summed E-state index contributed by atoms with van der Waals surface area (Å²) < 4.78 is 0. The van der Waals surface area contributed by atoms with E-state index in [1.165, 1.54) is 5.56 Å². The summed E-state index contributed by atoms with van der Waals surface area (Å²) in [7, 11) is 0. The Morgan fingerprint density at radius 1 is 1.40 bits per heavy atom. The van der Waals surface area contributed by atoms with E-state index in [1.807, 2.05) is 13.0 Å². The summed E-state index contributed by atoms with van der Waals surface area (Å²) in [4.78, 5) is 4.35. The van der Waals surface area contributed by atoms with Crippen LogP contribution >= 0.6 is 0 Å². The monoisotopic (exact) mass is 205 g/mol. The Labute approximate surface area is 91.8 Å². The highest BCUT2D eigenvalue weighted by molar-refractivity contribution is 5.43. The average Bonchev–Trinajstić information content (AvgIpc) is 2.19. The lowest BCUT2D eigenvalue weighted by atomic mass is 10.2. The van der Waals surface area contributed by atoms with E-state index in [0.717, 1.165) is 23.6 Å². The van der Waals surface area contributed by atoms with Crippen molar-refractivity contribution in [1.82, 2.24) is 4.98 Å². The average molecular weight is 205 g/mol. The summed E-state index contributed by atoms with van der Waals surface area (Å²) in [6.45, 7) is 12.5. The van der Waals surface area contributed by atoms with Crippen LogP contribution in [0.5, 0.6) is 0 Å². The van der Waals surface area contributed by atoms with Crippen LogP contribution in [0.1, 0.15) is 24.6 Å². The summed E-state index contributed by atoms with van der Waals surface area (Å²) in [6, 6.07) is 4.08. The maximum absolute atomic E-state index is 5.50. The van der Waals surface area contributed by atoms with Crippen molar-refractivity contribution in [3.8, 4) is 0 Å². The minimum Gasteiger partial charge on any atom is -0.344 e. The number of aryl methyl sites for hydroxylation is 2. The zero-order valence-corrected chi connectivity index (χ0v) is 9.72. The predicted octanol–water partition coefficient (Wildman–Crippen LogP) is 3.30. The summed E-state index contributed by atoms with van der Waals surface area (Å²) >= 11 is 0. The predicted molar refractivity (Wildman–Crippen MR) is 66.6 cm³/mol. The molecule has 0 unspecified atom stereocenters. The molecule has 0 aliphatic heterocycles. The number of pyridine rings is 1. The first-order valence-corrected chi connectivity index (χ1v) is 4.87. The molecule has 0 amide bonds. The number of allylic oxidation sites excluding steroid dienone is 1. The molecule has 1 aromatic rings. The van der Waals surface area contributed by atoms with Gasteiger partial charge >= 0.3 is 0 Å². The van der Waals surface area contributed by atoms with Crippen LogP contribution in [0.2, 0.25) is 0 Å². The molecule has 0 spiro atoms. The molecule has 0 saturated carbocycles. The molecule has 0 atom stereocenters. The molecular formula is C12H19N3. The number of aromatic nitrogens is 1. The molecule has 0 aliphatic carbocycles. The van der Waals surface area contributed by atoms with Crippen molar-refractivity contribution in [2.75, 3.05) is 5.32 Å². The molecule has 0 aliphatic rings. The Morgan fingerprint density at radius 2 is 2.00 bits per heavy atom. The lowest BCUT2D eigenvalue weighted by molar-refractivity contribution is 1.08. The van der Waals surface area contributed by atoms with Crippen LogP contribution in [0.4, 0.5) is 5.82 Å². The number of hydrogen-bond donors (Lipinski definition) is 2. The van der Waals surface area contributed by atoms with Gasteiger partial charge in [-0.05, 0) is 44.7 Å². The maximum atomic E-state index is 5.50. The van der Waals surface area contributed by atoms with E-state index in [1.54, 1.807) is 0 Å². The van der Waals surface area contributed by atoms with Gasteiger partial charge in [0.1, 0.15) is 5.82 Å². The fourth-order valence-electron chi connectivity index (χ4n) is 1.17. The van der Waals surface area contributed by atoms with Gasteiger partial charge in [-0.25, -0.2) is 4.98 Å². The van der Waals surface area contributed by atoms with E-state index in [2.05, 4.69) is 43.5 Å². The maximum Gasteiger partial charge on any atom is 0.130 e. The Kier molecular flexibility index (Phi) is 6.02. The van der Waals surface area contributed by atoms with Gasteiger partial charge < -0.3 is 10.7 Å². The number of rotatable bonds is 3. The van der Waals surface area contributed by atoms with Gasteiger partial charge in [-0.3, -0.25) is 0 Å². The highest BCUT2D eigenvalue weighted by atomic mass is 15.0. The van der Waals surface area contributed by atoms with Crippen LogP contribution < -0.4 is 5.32 Å². The van der Waals surface area contributed by atoms with Crippen LogP contribution in [0, 0.1) is 19.3 Å². The van der Waals surface area contributed by atoms with Gasteiger partial charge in [0.2, 0.25) is 0 Å². The van der Waals surface area contributed by atoms with Crippen molar-refractivity contribution >= 4 is 12.5 Å². The molecule has 15 heavy (non-hydrogen) atoms. The number of nitrogens with zero attached hydrogens (tertiary/aromatic N) is 1. The second kappa shape index (κ2) is 6.76. The first-order valence-electron chi connectivity index (χ1n) is 4.87. The lowest BCUT2D eigenvalue weighted by Gasteiger charge is -2.07. The van der Waals surface area contributed by atoms with E-state index in [0.29, 0.717) is 0 Å². The van der Waals surface area contributed by atoms with Crippen molar-refractivity contribution in [3.63, 3.8) is 0 Å². The largest absolute Gasteiger partial charge is 0.344 e. The lowest BCUT2D eigenvalue weighted by Crippen LogP contribution is -2.00. The second-order valence-electron chi connectivity index (χ2n) is 3.25. The Balaban J connectivity index is 0.000000921. The molecule has 82 valence electrons. The zero-order valence-electron chi connectivity index (χ0n) is 9.72. The van der Waals surface area contributed by atoms with Crippen molar-refractivity contribution in [2.45, 2.75) is 27.2 Å². The Morgan fingerprint density at radius 3 is 2.47 bits per heavy atom. The van der Waals surface area contributed by atoms with Crippen molar-refractivity contribution in [2.24, 2.45) is 0 Å². The molecule has 1 rings (SSSR count). The van der Waals surface area contributed by atoms with E-state index < -0.39 is 0 Å². The summed E-state index contributed by atoms with van der Waals surface area (Å²) in [5.41, 5.74) is 3.25. The fourth-order valence-corrected chi connectivity index (χ4v) is 1.17. The quantitative estimate of drug-likeness (QED) is 0.744. The van der Waals surface area contributed by atoms with Crippen molar-refractivity contribution in [1.29, 1.82) is 5.41 Å². The third-order valence-electron chi connectivity index (χ3n) is 1.83. The number of anilines is 1. The second-order valence-corrected chi connectivity index (χ2v) is 3.25. The molecule has 1 aromatic heterocycles. The van der Waals surface area contributed by atoms with Crippen LogP contribution in [0.3, 0.4) is 0 Å². The molecule has 0 saturated heterocycles. The molecule has 0 fully saturated rings. The van der Waals surface area contributed by atoms with Gasteiger partial charge in [0.25, 0.3) is 0 Å². The van der Waals surface area contributed by atoms with E-state index in [4.69, 9.17) is 5.41 Å². The molecule has 0 bridgehead atoms. The third-order valence-corrected chi connectivity index (χ3v) is 1.83. The summed E-state index contributed by atoms with van der Waals surface area (Å²) in [6.07, 6.45) is 0.925. The molecule has 3 nitrogen and oxygen atoms in total. The summed E-state index contributed by atoms with van der Waals surface area (Å²) in [5, 5.41) is 8.67. The van der Waals surface area contributed by atoms with Gasteiger partial charge in [0, 0.05) is 11.4 Å². The van der Waals surface area contributed by atoms with Gasteiger partial charge in [0.15, 0.2) is 0 Å². The van der Waals surface area contributed by atoms with E-state index in [9.17, 15) is 0 Å². The van der Waals surface area contributed by atoms with Crippen LogP contribution in [0.25, 0.3) is 0 Å². The topological polar surface area (TPSA) is 48.8 Å². The standard InChI is InChI=1S/C11H16N2.CH3N/c1-5-9(3)12-11-7-8(2)6-10(4)13-11;1-2/h6-7H,3,5H2,1-2,4H3,(H,12,13);2H,1H2. The van der Waals surface area contributed by atoms with Crippen LogP contribution in [-0.2, 0) is 0 Å². The summed E-state index contributed by atoms with van der Waals surface area (Å²) in [5.74, 6) is 0.893. The minimum absolute atomic E-state index is 0.893. The van der Waals surface area contributed by atoms with Gasteiger partial charge in [-0.1, -0.05) is 13.5 Å².